The van der Waals surface area contributed by atoms with Gasteiger partial charge in [-0.05, 0) is 52.0 Å². The Hall–Kier alpha value is -2.38. The van der Waals surface area contributed by atoms with Crippen LogP contribution in [-0.4, -0.2) is 95.9 Å². The van der Waals surface area contributed by atoms with Crippen LogP contribution in [0, 0.1) is 11.3 Å². The number of morpholine rings is 2. The summed E-state index contributed by atoms with van der Waals surface area (Å²) in [5.74, 6) is 0.624. The quantitative estimate of drug-likeness (QED) is 0.678. The van der Waals surface area contributed by atoms with Crippen molar-refractivity contribution in [3.63, 3.8) is 0 Å². The average molecular weight is 447 g/mol. The summed E-state index contributed by atoms with van der Waals surface area (Å²) < 4.78 is 17.3. The van der Waals surface area contributed by atoms with Gasteiger partial charge in [-0.15, -0.1) is 0 Å². The van der Waals surface area contributed by atoms with Crippen LogP contribution in [0.1, 0.15) is 33.3 Å². The zero-order chi connectivity index (χ0) is 23.3. The van der Waals surface area contributed by atoms with Crippen molar-refractivity contribution >= 4 is 6.09 Å². The maximum Gasteiger partial charge on any atom is 0.424 e. The Morgan fingerprint density at radius 3 is 2.41 bits per heavy atom. The third-order valence-electron chi connectivity index (χ3n) is 5.28. The molecule has 2 heterocycles. The molecule has 1 amide bonds. The van der Waals surface area contributed by atoms with Gasteiger partial charge in [-0.2, -0.15) is 5.26 Å². The number of carbonyl (C=O) groups excluding carboxylic acids is 1. The molecule has 176 valence electrons. The van der Waals surface area contributed by atoms with Crippen molar-refractivity contribution in [3.8, 4) is 11.8 Å². The van der Waals surface area contributed by atoms with Crippen LogP contribution < -0.4 is 4.74 Å². The lowest BCUT2D eigenvalue weighted by molar-refractivity contribution is -0.184. The molecule has 0 aromatic heterocycles. The van der Waals surface area contributed by atoms with Gasteiger partial charge >= 0.3 is 6.09 Å². The minimum Gasteiger partial charge on any atom is -0.491 e. The summed E-state index contributed by atoms with van der Waals surface area (Å²) in [5, 5.41) is 23.0. The first-order valence-electron chi connectivity index (χ1n) is 11.1. The van der Waals surface area contributed by atoms with E-state index in [0.29, 0.717) is 50.6 Å². The van der Waals surface area contributed by atoms with Crippen LogP contribution in [-0.2, 0) is 9.47 Å². The molecule has 9 heteroatoms. The lowest BCUT2D eigenvalue weighted by Crippen LogP contribution is -2.64. The molecule has 2 bridgehead atoms. The number of carbonyl (C=O) groups is 1. The molecule has 2 saturated heterocycles. The monoisotopic (exact) mass is 446 g/mol. The molecule has 0 aliphatic carbocycles. The molecule has 1 N–H and O–H groups in total. The third-order valence-corrected chi connectivity index (χ3v) is 5.28. The Morgan fingerprint density at radius 2 is 1.88 bits per heavy atom. The molecule has 0 spiro atoms. The zero-order valence-corrected chi connectivity index (χ0v) is 19.4. The molecule has 1 aromatic rings. The fourth-order valence-corrected chi connectivity index (χ4v) is 4.03. The molecule has 2 aliphatic rings. The number of nitriles is 1. The van der Waals surface area contributed by atoms with Crippen LogP contribution in [0.15, 0.2) is 24.3 Å². The smallest absolute Gasteiger partial charge is 0.424 e. The Balaban J connectivity index is 1.48. The van der Waals surface area contributed by atoms with Crippen molar-refractivity contribution in [2.45, 2.75) is 51.6 Å². The molecular weight excluding hydrogens is 412 g/mol. The molecule has 2 aliphatic heterocycles. The Labute approximate surface area is 190 Å². The van der Waals surface area contributed by atoms with E-state index in [9.17, 15) is 9.90 Å². The topological polar surface area (TPSA) is 98.5 Å². The number of amides is 1. The highest BCUT2D eigenvalue weighted by molar-refractivity contribution is 5.67. The number of fused-ring (bicyclic) bond motifs is 2. The number of hydrogen-bond acceptors (Lipinski definition) is 8. The Kier molecular flexibility index (Phi) is 7.96. The first-order chi connectivity index (χ1) is 15.2. The highest BCUT2D eigenvalue weighted by Gasteiger charge is 2.39. The molecule has 0 saturated carbocycles. The number of ether oxygens (including phenoxy) is 3. The van der Waals surface area contributed by atoms with Crippen molar-refractivity contribution in [1.82, 2.24) is 14.9 Å². The molecule has 2 fully saturated rings. The fraction of sp³-hybridized carbons (Fsp3) is 0.652. The first kappa shape index (κ1) is 24.3. The van der Waals surface area contributed by atoms with E-state index >= 15 is 0 Å². The van der Waals surface area contributed by atoms with Crippen LogP contribution in [0.5, 0.6) is 5.75 Å². The van der Waals surface area contributed by atoms with Gasteiger partial charge in [0.15, 0.2) is 0 Å². The van der Waals surface area contributed by atoms with Crippen molar-refractivity contribution in [2.24, 2.45) is 0 Å². The second kappa shape index (κ2) is 10.5. The normalized spacial score (nSPS) is 22.6. The number of β-amino-alcohol motifs (C(OH)–C–C–N with tert-alkyl or cyclic N) is 1. The highest BCUT2D eigenvalue weighted by atomic mass is 16.6. The number of hydrazine groups is 1. The van der Waals surface area contributed by atoms with Crippen molar-refractivity contribution in [3.05, 3.63) is 29.8 Å². The number of rotatable bonds is 7. The number of aliphatic hydroxyl groups excluding tert-OH is 1. The van der Waals surface area contributed by atoms with E-state index < -0.39 is 11.7 Å². The Morgan fingerprint density at radius 1 is 1.25 bits per heavy atom. The second-order valence-corrected chi connectivity index (χ2v) is 9.27. The molecule has 2 unspecified atom stereocenters. The standard InChI is InChI=1S/C23H34N4O5/c1-5-27(22(29)32-23(2,3)4)26-14-20-12-25(13-21(15-26)31-20)11-18(28)16-30-19-8-6-17(10-24)7-9-19/h6-9,18,20-21,28H,5,11-16H2,1-4H3/t18-,20?,21?/m0/s1. The second-order valence-electron chi connectivity index (χ2n) is 9.27. The van der Waals surface area contributed by atoms with Crippen LogP contribution >= 0.6 is 0 Å². The summed E-state index contributed by atoms with van der Waals surface area (Å²) in [6.45, 7) is 11.2. The van der Waals surface area contributed by atoms with Crippen LogP contribution in [0.4, 0.5) is 4.79 Å². The molecule has 3 rings (SSSR count). The van der Waals surface area contributed by atoms with E-state index in [4.69, 9.17) is 19.5 Å². The van der Waals surface area contributed by atoms with Crippen molar-refractivity contribution < 1.29 is 24.1 Å². The molecule has 32 heavy (non-hydrogen) atoms. The minimum absolute atomic E-state index is 0.0503. The Bertz CT molecular complexity index is 790. The maximum atomic E-state index is 12.6. The summed E-state index contributed by atoms with van der Waals surface area (Å²) in [7, 11) is 0. The van der Waals surface area contributed by atoms with Gasteiger partial charge in [0.05, 0.1) is 23.8 Å². The highest BCUT2D eigenvalue weighted by Crippen LogP contribution is 2.22. The van der Waals surface area contributed by atoms with Crippen LogP contribution in [0.3, 0.4) is 0 Å². The molecule has 9 nitrogen and oxygen atoms in total. The number of hydrogen-bond donors (Lipinski definition) is 1. The van der Waals surface area contributed by atoms with E-state index in [1.807, 2.05) is 32.7 Å². The van der Waals surface area contributed by atoms with Gasteiger partial charge in [0, 0.05) is 39.3 Å². The van der Waals surface area contributed by atoms with Gasteiger partial charge in [0.25, 0.3) is 0 Å². The zero-order valence-electron chi connectivity index (χ0n) is 19.4. The lowest BCUT2D eigenvalue weighted by Gasteiger charge is -2.48. The first-order valence-corrected chi connectivity index (χ1v) is 11.1. The summed E-state index contributed by atoms with van der Waals surface area (Å²) in [5.41, 5.74) is 0.0273. The summed E-state index contributed by atoms with van der Waals surface area (Å²) >= 11 is 0. The minimum atomic E-state index is -0.644. The lowest BCUT2D eigenvalue weighted by atomic mass is 10.1. The van der Waals surface area contributed by atoms with E-state index in [1.165, 1.54) is 0 Å². The van der Waals surface area contributed by atoms with Crippen LogP contribution in [0.25, 0.3) is 0 Å². The fourth-order valence-electron chi connectivity index (χ4n) is 4.03. The molecule has 1 aromatic carbocycles. The van der Waals surface area contributed by atoms with Gasteiger partial charge in [0.2, 0.25) is 0 Å². The predicted octanol–water partition coefficient (Wildman–Crippen LogP) is 1.85. The van der Waals surface area contributed by atoms with Crippen molar-refractivity contribution in [2.75, 3.05) is 45.9 Å². The number of benzene rings is 1. The molecule has 0 radical (unpaired) electrons. The van der Waals surface area contributed by atoms with Gasteiger partial charge in [-0.1, -0.05) is 0 Å². The average Bonchev–Trinajstić information content (AvgIpc) is 2.71. The van der Waals surface area contributed by atoms with E-state index in [0.717, 1.165) is 0 Å². The SMILES string of the molecule is CCN(C(=O)OC(C)(C)C)N1CC2CN(C[C@H](O)COc3ccc(C#N)cc3)CC(C1)O2. The van der Waals surface area contributed by atoms with Gasteiger partial charge < -0.3 is 19.3 Å². The largest absolute Gasteiger partial charge is 0.491 e. The molecule has 3 atom stereocenters. The van der Waals surface area contributed by atoms with Gasteiger partial charge in [-0.25, -0.2) is 14.8 Å². The molecular formula is C23H34N4O5. The van der Waals surface area contributed by atoms with E-state index in [1.54, 1.807) is 29.3 Å². The predicted molar refractivity (Wildman–Crippen MR) is 118 cm³/mol. The number of aliphatic hydroxyl groups is 1. The van der Waals surface area contributed by atoms with Crippen LogP contribution in [0.2, 0.25) is 0 Å². The van der Waals surface area contributed by atoms with Gasteiger partial charge in [-0.3, -0.25) is 4.90 Å². The van der Waals surface area contributed by atoms with Crippen molar-refractivity contribution in [1.29, 1.82) is 5.26 Å². The number of nitrogens with zero attached hydrogens (tertiary/aromatic N) is 4. The summed E-state index contributed by atoms with van der Waals surface area (Å²) in [6, 6.07) is 8.89. The summed E-state index contributed by atoms with van der Waals surface area (Å²) in [6.07, 6.45) is -1.09. The van der Waals surface area contributed by atoms with E-state index in [2.05, 4.69) is 11.0 Å². The third kappa shape index (κ3) is 6.81. The summed E-state index contributed by atoms with van der Waals surface area (Å²) in [4.78, 5) is 14.8. The van der Waals surface area contributed by atoms with E-state index in [-0.39, 0.29) is 24.9 Å². The van der Waals surface area contributed by atoms with Gasteiger partial charge in [0.1, 0.15) is 24.1 Å². The maximum absolute atomic E-state index is 12.6.